The van der Waals surface area contributed by atoms with Crippen LogP contribution < -0.4 is 10.2 Å². The fourth-order valence-electron chi connectivity index (χ4n) is 2.03. The molecule has 3 heteroatoms. The van der Waals surface area contributed by atoms with Crippen LogP contribution in [-0.4, -0.2) is 19.1 Å². The van der Waals surface area contributed by atoms with Crippen LogP contribution in [0.4, 0.5) is 11.4 Å². The summed E-state index contributed by atoms with van der Waals surface area (Å²) in [5, 5.41) is 3.51. The number of benzene rings is 1. The zero-order chi connectivity index (χ0) is 13.8. The lowest BCUT2D eigenvalue weighted by Gasteiger charge is -2.19. The molecule has 0 saturated carbocycles. The fraction of sp³-hybridized carbons (Fsp3) is 0.312. The first-order valence-corrected chi connectivity index (χ1v) is 6.53. The number of anilines is 2. The first-order valence-electron chi connectivity index (χ1n) is 6.53. The number of aryl methyl sites for hydroxylation is 1. The predicted octanol–water partition coefficient (Wildman–Crippen LogP) is 3.63. The minimum absolute atomic E-state index is 0.199. The summed E-state index contributed by atoms with van der Waals surface area (Å²) in [6.07, 6.45) is 1.83. The van der Waals surface area contributed by atoms with Crippen LogP contribution in [0.5, 0.6) is 0 Å². The Morgan fingerprint density at radius 1 is 1.16 bits per heavy atom. The molecule has 0 fully saturated rings. The van der Waals surface area contributed by atoms with E-state index in [0.717, 1.165) is 11.4 Å². The minimum Gasteiger partial charge on any atom is -0.378 e. The number of nitrogens with zero attached hydrogens (tertiary/aromatic N) is 2. The van der Waals surface area contributed by atoms with Crippen LogP contribution in [0, 0.1) is 6.92 Å². The highest BCUT2D eigenvalue weighted by atomic mass is 15.1. The molecule has 2 rings (SSSR count). The average molecular weight is 255 g/mol. The summed E-state index contributed by atoms with van der Waals surface area (Å²) >= 11 is 0. The van der Waals surface area contributed by atoms with Crippen LogP contribution in [0.25, 0.3) is 0 Å². The number of hydrogen-bond acceptors (Lipinski definition) is 3. The first kappa shape index (κ1) is 13.4. The quantitative estimate of drug-likeness (QED) is 0.904. The molecule has 1 aromatic heterocycles. The molecule has 0 saturated heterocycles. The Morgan fingerprint density at radius 2 is 1.95 bits per heavy atom. The molecule has 2 aromatic rings. The van der Waals surface area contributed by atoms with E-state index in [1.54, 1.807) is 0 Å². The molecule has 0 radical (unpaired) electrons. The monoisotopic (exact) mass is 255 g/mol. The summed E-state index contributed by atoms with van der Waals surface area (Å²) in [6, 6.07) is 12.6. The summed E-state index contributed by atoms with van der Waals surface area (Å²) < 4.78 is 0. The predicted molar refractivity (Wildman–Crippen MR) is 81.8 cm³/mol. The second kappa shape index (κ2) is 5.74. The largest absolute Gasteiger partial charge is 0.378 e. The van der Waals surface area contributed by atoms with E-state index in [0.29, 0.717) is 0 Å². The number of pyridine rings is 1. The molecule has 1 aromatic carbocycles. The van der Waals surface area contributed by atoms with Crippen molar-refractivity contribution in [3.63, 3.8) is 0 Å². The zero-order valence-corrected chi connectivity index (χ0v) is 12.0. The van der Waals surface area contributed by atoms with Crippen LogP contribution in [-0.2, 0) is 0 Å². The van der Waals surface area contributed by atoms with Crippen LogP contribution in [0.3, 0.4) is 0 Å². The number of nitrogens with one attached hydrogen (secondary N) is 1. The Bertz CT molecular complexity index is 535. The Hall–Kier alpha value is -2.03. The lowest BCUT2D eigenvalue weighted by molar-refractivity contribution is 0.838. The van der Waals surface area contributed by atoms with Crippen molar-refractivity contribution in [2.45, 2.75) is 19.9 Å². The van der Waals surface area contributed by atoms with Crippen molar-refractivity contribution in [1.82, 2.24) is 4.98 Å². The van der Waals surface area contributed by atoms with E-state index >= 15 is 0 Å². The van der Waals surface area contributed by atoms with Crippen molar-refractivity contribution in [2.75, 3.05) is 24.3 Å². The van der Waals surface area contributed by atoms with E-state index in [2.05, 4.69) is 61.3 Å². The average Bonchev–Trinajstić information content (AvgIpc) is 2.41. The molecule has 3 nitrogen and oxygen atoms in total. The third kappa shape index (κ3) is 3.25. The van der Waals surface area contributed by atoms with Crippen molar-refractivity contribution < 1.29 is 0 Å². The Labute approximate surface area is 115 Å². The summed E-state index contributed by atoms with van der Waals surface area (Å²) in [4.78, 5) is 6.49. The van der Waals surface area contributed by atoms with E-state index in [9.17, 15) is 0 Å². The molecule has 0 aliphatic carbocycles. The third-order valence-electron chi connectivity index (χ3n) is 3.23. The maximum Gasteiger partial charge on any atom is 0.0657 e. The number of aromatic nitrogens is 1. The number of rotatable bonds is 4. The second-order valence-electron chi connectivity index (χ2n) is 5.01. The molecule has 0 aliphatic rings. The van der Waals surface area contributed by atoms with Gasteiger partial charge < -0.3 is 10.2 Å². The third-order valence-corrected chi connectivity index (χ3v) is 3.23. The van der Waals surface area contributed by atoms with Gasteiger partial charge in [0.2, 0.25) is 0 Å². The van der Waals surface area contributed by atoms with Gasteiger partial charge in [0.05, 0.1) is 11.7 Å². The van der Waals surface area contributed by atoms with Gasteiger partial charge in [0.25, 0.3) is 0 Å². The van der Waals surface area contributed by atoms with Gasteiger partial charge in [-0.3, -0.25) is 4.98 Å². The first-order chi connectivity index (χ1) is 9.08. The second-order valence-corrected chi connectivity index (χ2v) is 5.01. The SMILES string of the molecule is Cc1cc(N(C)C)ccc1NC(C)c1ccccn1. The summed E-state index contributed by atoms with van der Waals surface area (Å²) in [7, 11) is 4.11. The lowest BCUT2D eigenvalue weighted by Crippen LogP contribution is -2.11. The smallest absolute Gasteiger partial charge is 0.0657 e. The van der Waals surface area contributed by atoms with Crippen molar-refractivity contribution >= 4 is 11.4 Å². The molecular formula is C16H21N3. The van der Waals surface area contributed by atoms with Gasteiger partial charge in [-0.15, -0.1) is 0 Å². The lowest BCUT2D eigenvalue weighted by atomic mass is 10.1. The molecule has 19 heavy (non-hydrogen) atoms. The van der Waals surface area contributed by atoms with Gasteiger partial charge in [-0.25, -0.2) is 0 Å². The molecule has 1 atom stereocenters. The maximum atomic E-state index is 4.38. The molecule has 1 N–H and O–H groups in total. The van der Waals surface area contributed by atoms with Crippen molar-refractivity contribution in [2.24, 2.45) is 0 Å². The van der Waals surface area contributed by atoms with Crippen molar-refractivity contribution in [3.8, 4) is 0 Å². The zero-order valence-electron chi connectivity index (χ0n) is 12.0. The van der Waals surface area contributed by atoms with E-state index in [-0.39, 0.29) is 6.04 Å². The van der Waals surface area contributed by atoms with E-state index in [1.165, 1.54) is 11.3 Å². The highest BCUT2D eigenvalue weighted by Gasteiger charge is 2.08. The highest BCUT2D eigenvalue weighted by Crippen LogP contribution is 2.24. The summed E-state index contributed by atoms with van der Waals surface area (Å²) in [6.45, 7) is 4.25. The van der Waals surface area contributed by atoms with Crippen molar-refractivity contribution in [3.05, 3.63) is 53.9 Å². The van der Waals surface area contributed by atoms with E-state index < -0.39 is 0 Å². The summed E-state index contributed by atoms with van der Waals surface area (Å²) in [5.74, 6) is 0. The molecular weight excluding hydrogens is 234 g/mol. The highest BCUT2D eigenvalue weighted by molar-refractivity contribution is 5.60. The van der Waals surface area contributed by atoms with Gasteiger partial charge >= 0.3 is 0 Å². The van der Waals surface area contributed by atoms with Gasteiger partial charge in [0.1, 0.15) is 0 Å². The van der Waals surface area contributed by atoms with Gasteiger partial charge in [-0.2, -0.15) is 0 Å². The van der Waals surface area contributed by atoms with Crippen LogP contribution in [0.1, 0.15) is 24.2 Å². The summed E-state index contributed by atoms with van der Waals surface area (Å²) in [5.41, 5.74) is 4.67. The van der Waals surface area contributed by atoms with Crippen LogP contribution >= 0.6 is 0 Å². The Morgan fingerprint density at radius 3 is 2.53 bits per heavy atom. The Kier molecular flexibility index (Phi) is 4.05. The Balaban J connectivity index is 2.15. The molecule has 0 aliphatic heterocycles. The molecule has 0 bridgehead atoms. The molecule has 0 amide bonds. The van der Waals surface area contributed by atoms with Gasteiger partial charge in [-0.05, 0) is 49.7 Å². The fourth-order valence-corrected chi connectivity index (χ4v) is 2.03. The van der Waals surface area contributed by atoms with E-state index in [4.69, 9.17) is 0 Å². The topological polar surface area (TPSA) is 28.2 Å². The van der Waals surface area contributed by atoms with E-state index in [1.807, 2.05) is 24.4 Å². The van der Waals surface area contributed by atoms with Gasteiger partial charge in [-0.1, -0.05) is 6.07 Å². The van der Waals surface area contributed by atoms with Gasteiger partial charge in [0.15, 0.2) is 0 Å². The molecule has 100 valence electrons. The molecule has 1 unspecified atom stereocenters. The molecule has 1 heterocycles. The van der Waals surface area contributed by atoms with Crippen LogP contribution in [0.15, 0.2) is 42.6 Å². The molecule has 0 spiro atoms. The maximum absolute atomic E-state index is 4.38. The van der Waals surface area contributed by atoms with Crippen LogP contribution in [0.2, 0.25) is 0 Å². The number of hydrogen-bond donors (Lipinski definition) is 1. The standard InChI is InChI=1S/C16H21N3/c1-12-11-14(19(3)4)8-9-15(12)18-13(2)16-7-5-6-10-17-16/h5-11,13,18H,1-4H3. The van der Waals surface area contributed by atoms with Gasteiger partial charge in [0, 0.05) is 31.7 Å². The van der Waals surface area contributed by atoms with Crippen molar-refractivity contribution in [1.29, 1.82) is 0 Å². The minimum atomic E-state index is 0.199. The normalized spacial score (nSPS) is 12.0.